The number of aliphatic carboxylic acids is 2. The quantitative estimate of drug-likeness (QED) is 0.0861. The Kier molecular flexibility index (Phi) is 11.2. The van der Waals surface area contributed by atoms with Crippen molar-refractivity contribution in [3.8, 4) is 0 Å². The van der Waals surface area contributed by atoms with Crippen LogP contribution in [0.3, 0.4) is 0 Å². The molecule has 28 heavy (non-hydrogen) atoms. The Morgan fingerprint density at radius 2 is 1.64 bits per heavy atom. The highest BCUT2D eigenvalue weighted by molar-refractivity contribution is 5.92. The topological polar surface area (TPSA) is 243 Å². The molecule has 0 bridgehead atoms. The lowest BCUT2D eigenvalue weighted by Gasteiger charge is -2.24. The van der Waals surface area contributed by atoms with E-state index in [1.807, 2.05) is 0 Å². The monoisotopic (exact) mass is 404 g/mol. The number of hydrogen-bond acceptors (Lipinski definition) is 7. The van der Waals surface area contributed by atoms with Crippen LogP contribution in [0.4, 0.5) is 0 Å². The van der Waals surface area contributed by atoms with Crippen LogP contribution in [0.5, 0.6) is 0 Å². The third-order valence-electron chi connectivity index (χ3n) is 3.63. The summed E-state index contributed by atoms with van der Waals surface area (Å²) in [4.78, 5) is 49.8. The van der Waals surface area contributed by atoms with Crippen LogP contribution in [0.15, 0.2) is 4.99 Å². The van der Waals surface area contributed by atoms with E-state index in [1.165, 1.54) is 6.92 Å². The summed E-state index contributed by atoms with van der Waals surface area (Å²) in [5, 5.41) is 32.0. The summed E-state index contributed by atoms with van der Waals surface area (Å²) in [6.07, 6.45) is -1.60. The Labute approximate surface area is 161 Å². The fraction of sp³-hybridized carbons (Fsp3) is 0.667. The van der Waals surface area contributed by atoms with Crippen molar-refractivity contribution < 1.29 is 34.5 Å². The number of aliphatic hydroxyl groups excluding tert-OH is 1. The average molecular weight is 404 g/mol. The molecule has 0 radical (unpaired) electrons. The van der Waals surface area contributed by atoms with E-state index < -0.39 is 48.0 Å². The number of amides is 2. The van der Waals surface area contributed by atoms with E-state index in [9.17, 15) is 29.4 Å². The first-order valence-corrected chi connectivity index (χ1v) is 8.50. The number of carbonyl (C=O) groups is 4. The van der Waals surface area contributed by atoms with Crippen molar-refractivity contribution in [3.05, 3.63) is 0 Å². The van der Waals surface area contributed by atoms with E-state index in [0.29, 0.717) is 0 Å². The molecule has 0 spiro atoms. The van der Waals surface area contributed by atoms with Crippen LogP contribution >= 0.6 is 0 Å². The van der Waals surface area contributed by atoms with Crippen LogP contribution < -0.4 is 27.8 Å². The molecule has 0 aromatic heterocycles. The zero-order valence-corrected chi connectivity index (χ0v) is 15.5. The minimum atomic E-state index is -1.47. The summed E-state index contributed by atoms with van der Waals surface area (Å²) in [6.45, 7) is 1.39. The maximum Gasteiger partial charge on any atom is 0.326 e. The lowest BCUT2D eigenvalue weighted by Crippen LogP contribution is -2.58. The SMILES string of the molecule is C[C@@H](O)[C@H](NC(=O)[C@@H](N)CCC(=O)O)C(=O)N[C@@H](CCCN=C(N)N)C(=O)O. The van der Waals surface area contributed by atoms with Gasteiger partial charge in [0.2, 0.25) is 11.8 Å². The minimum absolute atomic E-state index is 0.0104. The largest absolute Gasteiger partial charge is 0.481 e. The number of nitrogens with two attached hydrogens (primary N) is 3. The fourth-order valence-corrected chi connectivity index (χ4v) is 2.10. The second-order valence-electron chi connectivity index (χ2n) is 6.11. The highest BCUT2D eigenvalue weighted by atomic mass is 16.4. The number of nitrogens with one attached hydrogen (secondary N) is 2. The van der Waals surface area contributed by atoms with Gasteiger partial charge in [0.1, 0.15) is 12.1 Å². The zero-order chi connectivity index (χ0) is 21.9. The molecule has 0 aromatic rings. The van der Waals surface area contributed by atoms with Crippen molar-refractivity contribution in [2.24, 2.45) is 22.2 Å². The molecule has 0 rings (SSSR count). The summed E-state index contributed by atoms with van der Waals surface area (Å²) < 4.78 is 0. The van der Waals surface area contributed by atoms with E-state index in [1.54, 1.807) is 0 Å². The Balaban J connectivity index is 4.88. The van der Waals surface area contributed by atoms with Crippen molar-refractivity contribution in [2.75, 3.05) is 6.54 Å². The molecule has 160 valence electrons. The molecule has 0 heterocycles. The van der Waals surface area contributed by atoms with Crippen LogP contribution in [-0.4, -0.2) is 75.8 Å². The van der Waals surface area contributed by atoms with Gasteiger partial charge in [-0.3, -0.25) is 19.4 Å². The summed E-state index contributed by atoms with van der Waals surface area (Å²) >= 11 is 0. The summed E-state index contributed by atoms with van der Waals surface area (Å²) in [7, 11) is 0. The first-order chi connectivity index (χ1) is 13.0. The maximum absolute atomic E-state index is 12.3. The minimum Gasteiger partial charge on any atom is -0.481 e. The highest BCUT2D eigenvalue weighted by Gasteiger charge is 2.30. The maximum atomic E-state index is 12.3. The van der Waals surface area contributed by atoms with Gasteiger partial charge >= 0.3 is 11.9 Å². The molecule has 13 heteroatoms. The van der Waals surface area contributed by atoms with E-state index in [4.69, 9.17) is 22.3 Å². The predicted octanol–water partition coefficient (Wildman–Crippen LogP) is -3.33. The third kappa shape index (κ3) is 10.3. The van der Waals surface area contributed by atoms with E-state index in [0.717, 1.165) is 0 Å². The van der Waals surface area contributed by atoms with Gasteiger partial charge in [-0.2, -0.15) is 0 Å². The summed E-state index contributed by atoms with van der Waals surface area (Å²) in [5.74, 6) is -4.37. The Morgan fingerprint density at radius 1 is 1.04 bits per heavy atom. The van der Waals surface area contributed by atoms with Crippen molar-refractivity contribution in [2.45, 2.75) is 56.8 Å². The smallest absolute Gasteiger partial charge is 0.326 e. The Hall–Kier alpha value is -2.93. The first kappa shape index (κ1) is 25.1. The van der Waals surface area contributed by atoms with E-state index in [2.05, 4.69) is 15.6 Å². The Bertz CT molecular complexity index is 591. The molecule has 4 atom stereocenters. The molecule has 13 nitrogen and oxygen atoms in total. The van der Waals surface area contributed by atoms with Crippen LogP contribution in [0.25, 0.3) is 0 Å². The Morgan fingerprint density at radius 3 is 2.11 bits per heavy atom. The lowest BCUT2D eigenvalue weighted by molar-refractivity contribution is -0.143. The predicted molar refractivity (Wildman–Crippen MR) is 97.9 cm³/mol. The van der Waals surface area contributed by atoms with Crippen molar-refractivity contribution in [3.63, 3.8) is 0 Å². The van der Waals surface area contributed by atoms with Gasteiger partial charge < -0.3 is 43.2 Å². The van der Waals surface area contributed by atoms with Gasteiger partial charge in [-0.25, -0.2) is 4.79 Å². The van der Waals surface area contributed by atoms with Crippen LogP contribution in [-0.2, 0) is 19.2 Å². The van der Waals surface area contributed by atoms with E-state index in [-0.39, 0.29) is 38.2 Å². The molecule has 0 saturated carbocycles. The lowest BCUT2D eigenvalue weighted by atomic mass is 10.1. The molecule has 0 aromatic carbocycles. The fourth-order valence-electron chi connectivity index (χ4n) is 2.10. The second-order valence-corrected chi connectivity index (χ2v) is 6.11. The second kappa shape index (κ2) is 12.5. The third-order valence-corrected chi connectivity index (χ3v) is 3.63. The molecule has 0 fully saturated rings. The zero-order valence-electron chi connectivity index (χ0n) is 15.5. The van der Waals surface area contributed by atoms with Crippen molar-refractivity contribution >= 4 is 29.7 Å². The van der Waals surface area contributed by atoms with Gasteiger partial charge in [-0.15, -0.1) is 0 Å². The molecule has 11 N–H and O–H groups in total. The highest BCUT2D eigenvalue weighted by Crippen LogP contribution is 2.03. The number of carboxylic acid groups (broad SMARTS) is 2. The van der Waals surface area contributed by atoms with E-state index >= 15 is 0 Å². The molecular weight excluding hydrogens is 376 g/mol. The number of carbonyl (C=O) groups excluding carboxylic acids is 2. The van der Waals surface area contributed by atoms with Crippen LogP contribution in [0.2, 0.25) is 0 Å². The average Bonchev–Trinajstić information content (AvgIpc) is 2.58. The van der Waals surface area contributed by atoms with Crippen molar-refractivity contribution in [1.82, 2.24) is 10.6 Å². The van der Waals surface area contributed by atoms with Gasteiger partial charge in [-0.1, -0.05) is 0 Å². The van der Waals surface area contributed by atoms with Gasteiger partial charge in [0.15, 0.2) is 5.96 Å². The number of rotatable bonds is 13. The van der Waals surface area contributed by atoms with Gasteiger partial charge in [-0.05, 0) is 26.2 Å². The molecule has 0 aliphatic heterocycles. The van der Waals surface area contributed by atoms with Gasteiger partial charge in [0, 0.05) is 13.0 Å². The van der Waals surface area contributed by atoms with Crippen LogP contribution in [0.1, 0.15) is 32.6 Å². The number of nitrogens with zero attached hydrogens (tertiary/aromatic N) is 1. The number of guanidine groups is 1. The molecule has 0 unspecified atom stereocenters. The molecule has 0 saturated heterocycles. The number of aliphatic hydroxyl groups is 1. The summed E-state index contributed by atoms with van der Waals surface area (Å²) in [5.41, 5.74) is 15.9. The molecule has 0 aliphatic carbocycles. The number of carboxylic acids is 2. The van der Waals surface area contributed by atoms with Crippen molar-refractivity contribution in [1.29, 1.82) is 0 Å². The molecular formula is C15H28N6O7. The number of aliphatic imine (C=N–C) groups is 1. The summed E-state index contributed by atoms with van der Waals surface area (Å²) in [6, 6.07) is -3.97. The standard InChI is InChI=1S/C15H28N6O7/c1-7(22)11(21-12(25)8(16)4-5-10(23)24)13(26)20-9(14(27)28)3-2-6-19-15(17)18/h7-9,11,22H,2-6,16H2,1H3,(H,20,26)(H,21,25)(H,23,24)(H,27,28)(H4,17,18,19)/t7-,8+,9+,11+/m1/s1. The normalized spacial score (nSPS) is 14.8. The van der Waals surface area contributed by atoms with Crippen LogP contribution in [0, 0.1) is 0 Å². The van der Waals surface area contributed by atoms with Gasteiger partial charge in [0.05, 0.1) is 12.1 Å². The number of hydrogen-bond donors (Lipinski definition) is 8. The van der Waals surface area contributed by atoms with Gasteiger partial charge in [0.25, 0.3) is 0 Å². The molecule has 0 aliphatic rings. The first-order valence-electron chi connectivity index (χ1n) is 8.50. The molecule has 2 amide bonds.